The fourth-order valence-corrected chi connectivity index (χ4v) is 2.79. The highest BCUT2D eigenvalue weighted by molar-refractivity contribution is 9.10. The van der Waals surface area contributed by atoms with Crippen LogP contribution >= 0.6 is 27.3 Å². The first-order valence-electron chi connectivity index (χ1n) is 5.68. The molecule has 2 rings (SSSR count). The van der Waals surface area contributed by atoms with E-state index < -0.39 is 10.9 Å². The van der Waals surface area contributed by atoms with E-state index in [1.165, 1.54) is 29.1 Å². The second-order valence-electron chi connectivity index (χ2n) is 3.88. The second-order valence-corrected chi connectivity index (χ2v) is 5.68. The second kappa shape index (κ2) is 6.59. The molecule has 0 bridgehead atoms. The number of nitro groups is 1. The van der Waals surface area contributed by atoms with Crippen molar-refractivity contribution in [3.05, 3.63) is 43.1 Å². The van der Waals surface area contributed by atoms with Crippen LogP contribution in [0.5, 0.6) is 0 Å². The molecule has 0 amide bonds. The van der Waals surface area contributed by atoms with Crippen LogP contribution in [0.3, 0.4) is 0 Å². The van der Waals surface area contributed by atoms with Gasteiger partial charge in [-0.05, 0) is 15.9 Å². The zero-order valence-electron chi connectivity index (χ0n) is 10.4. The van der Waals surface area contributed by atoms with E-state index in [1.807, 2.05) is 0 Å². The van der Waals surface area contributed by atoms with Crippen LogP contribution in [-0.2, 0) is 6.42 Å². The maximum absolute atomic E-state index is 10.9. The van der Waals surface area contributed by atoms with Crippen molar-refractivity contribution in [2.24, 2.45) is 0 Å². The largest absolute Gasteiger partial charge is 0.476 e. The van der Waals surface area contributed by atoms with E-state index in [4.69, 9.17) is 5.11 Å². The van der Waals surface area contributed by atoms with Gasteiger partial charge in [-0.2, -0.15) is 0 Å². The van der Waals surface area contributed by atoms with Gasteiger partial charge in [0.05, 0.1) is 14.4 Å². The van der Waals surface area contributed by atoms with Crippen molar-refractivity contribution in [3.63, 3.8) is 0 Å². The van der Waals surface area contributed by atoms with Crippen molar-refractivity contribution in [2.45, 2.75) is 6.42 Å². The van der Waals surface area contributed by atoms with Crippen LogP contribution in [0.15, 0.2) is 22.2 Å². The standard InChI is InChI=1S/C11H9BrN4O4S/c12-6-3-13-4-8(16(19)20)10(6)14-2-1-9-15-7(5-21-9)11(17)18/h3-5H,1-2H2,(H,13,14)(H,17,18). The molecule has 8 nitrogen and oxygen atoms in total. The van der Waals surface area contributed by atoms with Crippen molar-refractivity contribution < 1.29 is 14.8 Å². The Kier molecular flexibility index (Phi) is 4.81. The average molecular weight is 373 g/mol. The summed E-state index contributed by atoms with van der Waals surface area (Å²) in [5.74, 6) is -1.07. The molecular weight excluding hydrogens is 364 g/mol. The zero-order valence-corrected chi connectivity index (χ0v) is 12.8. The number of carboxylic acid groups (broad SMARTS) is 1. The van der Waals surface area contributed by atoms with Crippen LogP contribution < -0.4 is 5.32 Å². The number of carbonyl (C=O) groups is 1. The lowest BCUT2D eigenvalue weighted by Gasteiger charge is -2.07. The fourth-order valence-electron chi connectivity index (χ4n) is 1.56. The molecule has 2 aromatic heterocycles. The minimum Gasteiger partial charge on any atom is -0.476 e. The van der Waals surface area contributed by atoms with E-state index in [2.05, 4.69) is 31.2 Å². The summed E-state index contributed by atoms with van der Waals surface area (Å²) in [6.07, 6.45) is 3.09. The van der Waals surface area contributed by atoms with E-state index in [1.54, 1.807) is 0 Å². The van der Waals surface area contributed by atoms with Crippen molar-refractivity contribution in [2.75, 3.05) is 11.9 Å². The quantitative estimate of drug-likeness (QED) is 0.590. The van der Waals surface area contributed by atoms with Gasteiger partial charge in [-0.15, -0.1) is 11.3 Å². The number of rotatable bonds is 6. The van der Waals surface area contributed by atoms with Gasteiger partial charge in [0.25, 0.3) is 0 Å². The summed E-state index contributed by atoms with van der Waals surface area (Å²) in [5, 5.41) is 24.7. The number of aromatic carboxylic acids is 1. The molecule has 0 spiro atoms. The van der Waals surface area contributed by atoms with Crippen molar-refractivity contribution in [1.29, 1.82) is 0 Å². The summed E-state index contributed by atoms with van der Waals surface area (Å²) >= 11 is 4.44. The molecule has 0 unspecified atom stereocenters. The smallest absolute Gasteiger partial charge is 0.355 e. The monoisotopic (exact) mass is 372 g/mol. The molecule has 0 aliphatic rings. The molecule has 2 heterocycles. The molecule has 10 heteroatoms. The molecule has 2 N–H and O–H groups in total. The molecule has 0 fully saturated rings. The number of hydrogen-bond donors (Lipinski definition) is 2. The summed E-state index contributed by atoms with van der Waals surface area (Å²) < 4.78 is 0.488. The molecule has 0 saturated carbocycles. The highest BCUT2D eigenvalue weighted by atomic mass is 79.9. The first kappa shape index (κ1) is 15.3. The minimum absolute atomic E-state index is 0.00562. The van der Waals surface area contributed by atoms with Crippen LogP contribution in [0.2, 0.25) is 0 Å². The Hall–Kier alpha value is -2.07. The van der Waals surface area contributed by atoms with E-state index in [-0.39, 0.29) is 11.4 Å². The van der Waals surface area contributed by atoms with E-state index in [9.17, 15) is 14.9 Å². The molecule has 0 aliphatic carbocycles. The number of hydrogen-bond acceptors (Lipinski definition) is 7. The number of halogens is 1. The Labute approximate surface area is 131 Å². The fraction of sp³-hybridized carbons (Fsp3) is 0.182. The van der Waals surface area contributed by atoms with Gasteiger partial charge in [-0.3, -0.25) is 15.1 Å². The molecule has 110 valence electrons. The molecule has 0 radical (unpaired) electrons. The van der Waals surface area contributed by atoms with Gasteiger partial charge in [-0.25, -0.2) is 9.78 Å². The zero-order chi connectivity index (χ0) is 15.4. The number of nitrogens with one attached hydrogen (secondary N) is 1. The highest BCUT2D eigenvalue weighted by Gasteiger charge is 2.17. The molecule has 2 aromatic rings. The van der Waals surface area contributed by atoms with Crippen LogP contribution in [-0.4, -0.2) is 32.5 Å². The Morgan fingerprint density at radius 2 is 2.29 bits per heavy atom. The predicted molar refractivity (Wildman–Crippen MR) is 79.9 cm³/mol. The maximum Gasteiger partial charge on any atom is 0.355 e. The lowest BCUT2D eigenvalue weighted by molar-refractivity contribution is -0.384. The summed E-state index contributed by atoms with van der Waals surface area (Å²) in [4.78, 5) is 28.8. The number of anilines is 1. The van der Waals surface area contributed by atoms with Crippen molar-refractivity contribution in [3.8, 4) is 0 Å². The van der Waals surface area contributed by atoms with E-state index >= 15 is 0 Å². The van der Waals surface area contributed by atoms with E-state index in [0.717, 1.165) is 0 Å². The van der Waals surface area contributed by atoms with Gasteiger partial charge in [0.1, 0.15) is 11.9 Å². The number of aromatic nitrogens is 2. The van der Waals surface area contributed by atoms with E-state index in [0.29, 0.717) is 28.1 Å². The normalized spacial score (nSPS) is 10.3. The molecule has 0 saturated heterocycles. The third-order valence-corrected chi connectivity index (χ3v) is 4.00. The van der Waals surface area contributed by atoms with Crippen LogP contribution in [0.1, 0.15) is 15.5 Å². The average Bonchev–Trinajstić information content (AvgIpc) is 2.89. The third kappa shape index (κ3) is 3.73. The van der Waals surface area contributed by atoms with Gasteiger partial charge in [0.2, 0.25) is 0 Å². The Bertz CT molecular complexity index is 691. The molecule has 0 aromatic carbocycles. The minimum atomic E-state index is -1.07. The molecule has 0 aliphatic heterocycles. The predicted octanol–water partition coefficient (Wildman–Crippen LogP) is 2.56. The molecular formula is C11H9BrN4O4S. The van der Waals surface area contributed by atoms with Crippen LogP contribution in [0.4, 0.5) is 11.4 Å². The molecule has 0 atom stereocenters. The Morgan fingerprint density at radius 3 is 2.90 bits per heavy atom. The summed E-state index contributed by atoms with van der Waals surface area (Å²) in [5.41, 5.74) is 0.214. The van der Waals surface area contributed by atoms with Crippen LogP contribution in [0.25, 0.3) is 0 Å². The molecule has 21 heavy (non-hydrogen) atoms. The van der Waals surface area contributed by atoms with Crippen molar-refractivity contribution >= 4 is 44.6 Å². The van der Waals surface area contributed by atoms with Gasteiger partial charge < -0.3 is 10.4 Å². The Morgan fingerprint density at radius 1 is 1.52 bits per heavy atom. The first-order valence-corrected chi connectivity index (χ1v) is 7.35. The summed E-state index contributed by atoms with van der Waals surface area (Å²) in [6.45, 7) is 0.385. The number of pyridine rings is 1. The van der Waals surface area contributed by atoms with Gasteiger partial charge in [0, 0.05) is 24.5 Å². The summed E-state index contributed by atoms with van der Waals surface area (Å²) in [7, 11) is 0. The number of thiazole rings is 1. The lowest BCUT2D eigenvalue weighted by atomic mass is 10.3. The first-order chi connectivity index (χ1) is 9.99. The van der Waals surface area contributed by atoms with Gasteiger partial charge in [-0.1, -0.05) is 0 Å². The van der Waals surface area contributed by atoms with Crippen molar-refractivity contribution in [1.82, 2.24) is 9.97 Å². The number of nitrogens with zero attached hydrogens (tertiary/aromatic N) is 3. The lowest BCUT2D eigenvalue weighted by Crippen LogP contribution is -2.08. The Balaban J connectivity index is 2.03. The van der Waals surface area contributed by atoms with Gasteiger partial charge in [0.15, 0.2) is 5.69 Å². The topological polar surface area (TPSA) is 118 Å². The maximum atomic E-state index is 10.9. The third-order valence-electron chi connectivity index (χ3n) is 2.49. The number of carboxylic acids is 1. The highest BCUT2D eigenvalue weighted by Crippen LogP contribution is 2.30. The van der Waals surface area contributed by atoms with Gasteiger partial charge >= 0.3 is 11.7 Å². The summed E-state index contributed by atoms with van der Waals surface area (Å²) in [6, 6.07) is 0. The SMILES string of the molecule is O=C(O)c1csc(CCNc2c(Br)cncc2[N+](=O)[O-])n1. The van der Waals surface area contributed by atoms with Crippen LogP contribution in [0, 0.1) is 10.1 Å².